The van der Waals surface area contributed by atoms with Crippen LogP contribution in [0.1, 0.15) is 6.42 Å². The number of thioether (sulfide) groups is 1. The maximum absolute atomic E-state index is 10.3. The van der Waals surface area contributed by atoms with E-state index in [1.165, 1.54) is 0 Å². The van der Waals surface area contributed by atoms with Gasteiger partial charge in [0.05, 0.1) is 6.54 Å². The van der Waals surface area contributed by atoms with Crippen molar-refractivity contribution >= 4 is 17.7 Å². The molecule has 5 heteroatoms. The van der Waals surface area contributed by atoms with E-state index >= 15 is 0 Å². The first-order valence-corrected chi connectivity index (χ1v) is 5.10. The summed E-state index contributed by atoms with van der Waals surface area (Å²) in [6.07, 6.45) is 0.834. The van der Waals surface area contributed by atoms with Crippen LogP contribution in [-0.2, 0) is 4.79 Å². The number of primary amides is 1. The van der Waals surface area contributed by atoms with Crippen molar-refractivity contribution in [2.24, 2.45) is 5.73 Å². The number of amides is 1. The predicted molar refractivity (Wildman–Crippen MR) is 51.1 cm³/mol. The van der Waals surface area contributed by atoms with Crippen LogP contribution in [0.15, 0.2) is 0 Å². The normalized spacial score (nSPS) is 10.1. The van der Waals surface area contributed by atoms with Gasteiger partial charge in [0.2, 0.25) is 5.91 Å². The van der Waals surface area contributed by atoms with Crippen molar-refractivity contribution in [1.29, 1.82) is 0 Å². The van der Waals surface area contributed by atoms with Gasteiger partial charge in [-0.25, -0.2) is 0 Å². The molecule has 1 amide bonds. The lowest BCUT2D eigenvalue weighted by Gasteiger charge is -2.01. The first-order chi connectivity index (χ1) is 5.77. The molecule has 0 heterocycles. The number of hydrogen-bond acceptors (Lipinski definition) is 4. The van der Waals surface area contributed by atoms with Gasteiger partial charge in [0.1, 0.15) is 0 Å². The zero-order valence-corrected chi connectivity index (χ0v) is 7.90. The summed E-state index contributed by atoms with van der Waals surface area (Å²) in [7, 11) is 0. The second-order valence-electron chi connectivity index (χ2n) is 2.33. The summed E-state index contributed by atoms with van der Waals surface area (Å²) < 4.78 is 0. The van der Waals surface area contributed by atoms with Crippen LogP contribution in [0, 0.1) is 0 Å². The monoisotopic (exact) mass is 192 g/mol. The lowest BCUT2D eigenvalue weighted by Crippen LogP contribution is -2.29. The van der Waals surface area contributed by atoms with Gasteiger partial charge < -0.3 is 16.2 Å². The van der Waals surface area contributed by atoms with Crippen LogP contribution in [0.2, 0.25) is 0 Å². The largest absolute Gasteiger partial charge is 0.396 e. The van der Waals surface area contributed by atoms with Gasteiger partial charge in [-0.1, -0.05) is 0 Å². The topological polar surface area (TPSA) is 75.4 Å². The van der Waals surface area contributed by atoms with Crippen LogP contribution in [-0.4, -0.2) is 42.2 Å². The van der Waals surface area contributed by atoms with E-state index in [-0.39, 0.29) is 19.1 Å². The molecule has 12 heavy (non-hydrogen) atoms. The predicted octanol–water partition coefficient (Wildman–Crippen LogP) is -0.823. The molecular weight excluding hydrogens is 176 g/mol. The summed E-state index contributed by atoms with van der Waals surface area (Å²) in [5, 5.41) is 11.4. The van der Waals surface area contributed by atoms with Crippen LogP contribution in [0.3, 0.4) is 0 Å². The van der Waals surface area contributed by atoms with Gasteiger partial charge in [-0.3, -0.25) is 4.79 Å². The van der Waals surface area contributed by atoms with Gasteiger partial charge >= 0.3 is 0 Å². The second-order valence-corrected chi connectivity index (χ2v) is 3.56. The van der Waals surface area contributed by atoms with Crippen molar-refractivity contribution in [3.63, 3.8) is 0 Å². The van der Waals surface area contributed by atoms with E-state index in [1.54, 1.807) is 11.8 Å². The summed E-state index contributed by atoms with van der Waals surface area (Å²) in [5.41, 5.74) is 4.91. The molecule has 0 saturated heterocycles. The smallest absolute Gasteiger partial charge is 0.231 e. The molecule has 0 radical (unpaired) electrons. The average molecular weight is 192 g/mol. The van der Waals surface area contributed by atoms with Crippen molar-refractivity contribution in [2.45, 2.75) is 6.42 Å². The third kappa shape index (κ3) is 9.74. The zero-order valence-electron chi connectivity index (χ0n) is 7.08. The molecule has 72 valence electrons. The third-order valence-electron chi connectivity index (χ3n) is 1.17. The highest BCUT2D eigenvalue weighted by molar-refractivity contribution is 7.99. The highest BCUT2D eigenvalue weighted by Gasteiger charge is 1.92. The van der Waals surface area contributed by atoms with E-state index in [4.69, 9.17) is 10.8 Å². The summed E-state index contributed by atoms with van der Waals surface area (Å²) in [6.45, 7) is 1.29. The molecule has 0 aromatic rings. The molecule has 0 aliphatic heterocycles. The molecule has 0 unspecified atom stereocenters. The maximum atomic E-state index is 10.3. The van der Waals surface area contributed by atoms with E-state index in [0.29, 0.717) is 0 Å². The van der Waals surface area contributed by atoms with E-state index in [0.717, 1.165) is 24.5 Å². The molecular formula is C7H16N2O2S. The minimum Gasteiger partial charge on any atom is -0.396 e. The van der Waals surface area contributed by atoms with Gasteiger partial charge in [-0.2, -0.15) is 11.8 Å². The first kappa shape index (κ1) is 11.7. The van der Waals surface area contributed by atoms with Crippen LogP contribution < -0.4 is 11.1 Å². The van der Waals surface area contributed by atoms with Gasteiger partial charge in [0, 0.05) is 18.9 Å². The molecule has 0 spiro atoms. The summed E-state index contributed by atoms with van der Waals surface area (Å²) in [6, 6.07) is 0. The molecule has 4 nitrogen and oxygen atoms in total. The average Bonchev–Trinajstić information content (AvgIpc) is 2.02. The van der Waals surface area contributed by atoms with Crippen molar-refractivity contribution in [1.82, 2.24) is 5.32 Å². The molecule has 4 N–H and O–H groups in total. The lowest BCUT2D eigenvalue weighted by molar-refractivity contribution is -0.117. The Morgan fingerprint density at radius 1 is 1.50 bits per heavy atom. The van der Waals surface area contributed by atoms with Crippen LogP contribution in [0.5, 0.6) is 0 Å². The van der Waals surface area contributed by atoms with Crippen LogP contribution >= 0.6 is 11.8 Å². The SMILES string of the molecule is NC(=O)CNCCSCCCO. The Hall–Kier alpha value is -0.260. The van der Waals surface area contributed by atoms with Crippen molar-refractivity contribution < 1.29 is 9.90 Å². The Morgan fingerprint density at radius 3 is 2.83 bits per heavy atom. The molecule has 0 fully saturated rings. The van der Waals surface area contributed by atoms with Crippen LogP contribution in [0.25, 0.3) is 0 Å². The number of aliphatic hydroxyl groups excluding tert-OH is 1. The van der Waals surface area contributed by atoms with Gasteiger partial charge in [-0.05, 0) is 12.2 Å². The molecule has 0 atom stereocenters. The zero-order chi connectivity index (χ0) is 9.23. The molecule has 0 rings (SSSR count). The number of hydrogen-bond donors (Lipinski definition) is 3. The maximum Gasteiger partial charge on any atom is 0.231 e. The van der Waals surface area contributed by atoms with E-state index in [9.17, 15) is 4.79 Å². The van der Waals surface area contributed by atoms with E-state index in [2.05, 4.69) is 5.32 Å². The second kappa shape index (κ2) is 8.83. The molecule has 0 bridgehead atoms. The Balaban J connectivity index is 2.86. The van der Waals surface area contributed by atoms with Gasteiger partial charge in [0.15, 0.2) is 0 Å². The van der Waals surface area contributed by atoms with Crippen LogP contribution in [0.4, 0.5) is 0 Å². The minimum atomic E-state index is -0.324. The van der Waals surface area contributed by atoms with Crippen molar-refractivity contribution in [2.75, 3.05) is 31.2 Å². The van der Waals surface area contributed by atoms with E-state index < -0.39 is 0 Å². The molecule has 0 aromatic heterocycles. The summed E-state index contributed by atoms with van der Waals surface area (Å²) in [4.78, 5) is 10.3. The Morgan fingerprint density at radius 2 is 2.25 bits per heavy atom. The molecule has 0 aliphatic carbocycles. The number of nitrogens with two attached hydrogens (primary N) is 1. The quantitative estimate of drug-likeness (QED) is 0.439. The number of carbonyl (C=O) groups excluding carboxylic acids is 1. The van der Waals surface area contributed by atoms with E-state index in [1.807, 2.05) is 0 Å². The lowest BCUT2D eigenvalue weighted by atomic mass is 10.5. The molecule has 0 aromatic carbocycles. The Bertz CT molecular complexity index is 122. The minimum absolute atomic E-state index is 0.251. The third-order valence-corrected chi connectivity index (χ3v) is 2.24. The Kier molecular flexibility index (Phi) is 8.64. The Labute approximate surface area is 76.9 Å². The first-order valence-electron chi connectivity index (χ1n) is 3.95. The summed E-state index contributed by atoms with van der Waals surface area (Å²) >= 11 is 1.75. The fourth-order valence-electron chi connectivity index (χ4n) is 0.625. The fraction of sp³-hybridized carbons (Fsp3) is 0.857. The van der Waals surface area contributed by atoms with Gasteiger partial charge in [-0.15, -0.1) is 0 Å². The highest BCUT2D eigenvalue weighted by atomic mass is 32.2. The van der Waals surface area contributed by atoms with Crippen molar-refractivity contribution in [3.05, 3.63) is 0 Å². The fourth-order valence-corrected chi connectivity index (χ4v) is 1.45. The van der Waals surface area contributed by atoms with Crippen molar-refractivity contribution in [3.8, 4) is 0 Å². The number of rotatable bonds is 8. The number of carbonyl (C=O) groups is 1. The molecule has 0 aliphatic rings. The summed E-state index contributed by atoms with van der Waals surface area (Å²) in [5.74, 6) is 1.59. The van der Waals surface area contributed by atoms with Gasteiger partial charge in [0.25, 0.3) is 0 Å². The number of aliphatic hydroxyl groups is 1. The molecule has 0 saturated carbocycles. The standard InChI is InChI=1S/C7H16N2O2S/c8-7(11)6-9-2-5-12-4-1-3-10/h9-10H,1-6H2,(H2,8,11). The highest BCUT2D eigenvalue weighted by Crippen LogP contribution is 1.99. The number of nitrogens with one attached hydrogen (secondary N) is 1.